The molecule has 2 aliphatic rings. The van der Waals surface area contributed by atoms with Crippen molar-refractivity contribution in [3.63, 3.8) is 0 Å². The summed E-state index contributed by atoms with van der Waals surface area (Å²) in [6.45, 7) is 6.18. The lowest BCUT2D eigenvalue weighted by molar-refractivity contribution is 0.280. The van der Waals surface area contributed by atoms with Gasteiger partial charge in [0.1, 0.15) is 0 Å². The first kappa shape index (κ1) is 14.3. The van der Waals surface area contributed by atoms with E-state index in [9.17, 15) is 8.42 Å². The molecule has 4 unspecified atom stereocenters. The van der Waals surface area contributed by atoms with Gasteiger partial charge in [-0.2, -0.15) is 0 Å². The maximum atomic E-state index is 12.0. The summed E-state index contributed by atoms with van der Waals surface area (Å²) in [6.07, 6.45) is 6.00. The molecule has 2 bridgehead atoms. The molecule has 4 atom stereocenters. The summed E-state index contributed by atoms with van der Waals surface area (Å²) in [6, 6.07) is 0.123. The second-order valence-electron chi connectivity index (χ2n) is 6.75. The molecule has 2 aliphatic carbocycles. The Bertz CT molecular complexity index is 377. The third-order valence-corrected chi connectivity index (χ3v) is 6.27. The van der Waals surface area contributed by atoms with Crippen LogP contribution >= 0.6 is 0 Å². The Morgan fingerprint density at radius 2 is 1.89 bits per heavy atom. The summed E-state index contributed by atoms with van der Waals surface area (Å²) in [5.74, 6) is 2.95. The van der Waals surface area contributed by atoms with Gasteiger partial charge in [-0.15, -0.1) is 0 Å². The van der Waals surface area contributed by atoms with E-state index in [4.69, 9.17) is 0 Å². The van der Waals surface area contributed by atoms with Crippen molar-refractivity contribution in [2.75, 3.05) is 5.75 Å². The fraction of sp³-hybridized carbons (Fsp3) is 1.00. The zero-order valence-corrected chi connectivity index (χ0v) is 12.7. The van der Waals surface area contributed by atoms with Crippen molar-refractivity contribution < 1.29 is 8.42 Å². The maximum Gasteiger partial charge on any atom is 0.211 e. The van der Waals surface area contributed by atoms with Gasteiger partial charge in [0, 0.05) is 6.04 Å². The summed E-state index contributed by atoms with van der Waals surface area (Å²) in [5, 5.41) is 0. The van der Waals surface area contributed by atoms with E-state index in [0.29, 0.717) is 11.8 Å². The highest BCUT2D eigenvalue weighted by atomic mass is 32.2. The lowest BCUT2D eigenvalue weighted by Crippen LogP contribution is -2.41. The van der Waals surface area contributed by atoms with Gasteiger partial charge in [0.2, 0.25) is 10.0 Å². The summed E-state index contributed by atoms with van der Waals surface area (Å²) < 4.78 is 26.9. The van der Waals surface area contributed by atoms with Gasteiger partial charge in [-0.3, -0.25) is 0 Å². The molecule has 0 radical (unpaired) electrons. The van der Waals surface area contributed by atoms with Crippen molar-refractivity contribution in [1.82, 2.24) is 4.72 Å². The molecular weight excluding hydrogens is 246 g/mol. The quantitative estimate of drug-likeness (QED) is 0.809. The maximum absolute atomic E-state index is 12.0. The Hall–Kier alpha value is -0.0900. The van der Waals surface area contributed by atoms with Crippen LogP contribution in [0.4, 0.5) is 0 Å². The Morgan fingerprint density at radius 3 is 2.39 bits per heavy atom. The van der Waals surface area contributed by atoms with Crippen molar-refractivity contribution in [3.8, 4) is 0 Å². The van der Waals surface area contributed by atoms with E-state index < -0.39 is 10.0 Å². The van der Waals surface area contributed by atoms with Crippen LogP contribution in [0.1, 0.15) is 52.9 Å². The average Bonchev–Trinajstić information content (AvgIpc) is 2.87. The number of nitrogens with one attached hydrogen (secondary N) is 1. The van der Waals surface area contributed by atoms with E-state index in [-0.39, 0.29) is 11.8 Å². The Labute approximate surface area is 112 Å². The molecule has 2 fully saturated rings. The lowest BCUT2D eigenvalue weighted by atomic mass is 9.84. The van der Waals surface area contributed by atoms with Crippen LogP contribution in [-0.4, -0.2) is 20.2 Å². The van der Waals surface area contributed by atoms with Crippen LogP contribution in [0.25, 0.3) is 0 Å². The van der Waals surface area contributed by atoms with E-state index in [1.807, 2.05) is 0 Å². The number of sulfonamides is 1. The molecule has 0 saturated heterocycles. The summed E-state index contributed by atoms with van der Waals surface area (Å²) in [4.78, 5) is 0. The smallest absolute Gasteiger partial charge is 0.211 e. The highest BCUT2D eigenvalue weighted by molar-refractivity contribution is 7.89. The normalized spacial score (nSPS) is 33.2. The second-order valence-corrected chi connectivity index (χ2v) is 8.62. The molecule has 3 nitrogen and oxygen atoms in total. The van der Waals surface area contributed by atoms with Crippen molar-refractivity contribution in [1.29, 1.82) is 0 Å². The predicted octanol–water partition coefficient (Wildman–Crippen LogP) is 2.78. The van der Waals surface area contributed by atoms with Gasteiger partial charge >= 0.3 is 0 Å². The predicted molar refractivity (Wildman–Crippen MR) is 74.8 cm³/mol. The first-order chi connectivity index (χ1) is 8.37. The van der Waals surface area contributed by atoms with Gasteiger partial charge in [-0.25, -0.2) is 13.1 Å². The first-order valence-electron chi connectivity index (χ1n) is 7.37. The van der Waals surface area contributed by atoms with Crippen LogP contribution in [0.15, 0.2) is 0 Å². The van der Waals surface area contributed by atoms with E-state index >= 15 is 0 Å². The van der Waals surface area contributed by atoms with Crippen LogP contribution in [0.2, 0.25) is 0 Å². The Balaban J connectivity index is 1.85. The number of fused-ring (bicyclic) bond motifs is 2. The van der Waals surface area contributed by atoms with E-state index in [1.54, 1.807) is 0 Å². The molecule has 18 heavy (non-hydrogen) atoms. The van der Waals surface area contributed by atoms with Crippen molar-refractivity contribution >= 4 is 10.0 Å². The molecule has 0 aromatic carbocycles. The molecular formula is C14H27NO2S. The van der Waals surface area contributed by atoms with Crippen LogP contribution in [0.5, 0.6) is 0 Å². The van der Waals surface area contributed by atoms with Crippen LogP contribution < -0.4 is 4.72 Å². The molecule has 4 heteroatoms. The van der Waals surface area contributed by atoms with Gasteiger partial charge in [-0.1, -0.05) is 20.3 Å². The number of hydrogen-bond donors (Lipinski definition) is 1. The molecule has 0 spiro atoms. The van der Waals surface area contributed by atoms with Gasteiger partial charge in [0.15, 0.2) is 0 Å². The molecule has 106 valence electrons. The second kappa shape index (κ2) is 5.49. The van der Waals surface area contributed by atoms with Gasteiger partial charge < -0.3 is 0 Å². The monoisotopic (exact) mass is 273 g/mol. The number of hydrogen-bond acceptors (Lipinski definition) is 2. The molecule has 2 saturated carbocycles. The molecule has 0 aliphatic heterocycles. The molecule has 0 heterocycles. The minimum Gasteiger partial charge on any atom is -0.212 e. The molecule has 2 rings (SSSR count). The Morgan fingerprint density at radius 1 is 1.17 bits per heavy atom. The van der Waals surface area contributed by atoms with Crippen molar-refractivity contribution in [3.05, 3.63) is 0 Å². The molecule has 1 N–H and O–H groups in total. The zero-order chi connectivity index (χ0) is 13.3. The SMILES string of the molecule is CC(C)CCS(=O)(=O)NC(C)C1CC2CCC1C2. The fourth-order valence-electron chi connectivity index (χ4n) is 3.73. The summed E-state index contributed by atoms with van der Waals surface area (Å²) in [5.41, 5.74) is 0. The first-order valence-corrected chi connectivity index (χ1v) is 9.02. The highest BCUT2D eigenvalue weighted by Gasteiger charge is 2.42. The lowest BCUT2D eigenvalue weighted by Gasteiger charge is -2.28. The van der Waals surface area contributed by atoms with Gasteiger partial charge in [-0.05, 0) is 56.3 Å². The third kappa shape index (κ3) is 3.47. The van der Waals surface area contributed by atoms with E-state index in [2.05, 4.69) is 25.5 Å². The standard InChI is InChI=1S/C14H27NO2S/c1-10(2)6-7-18(16,17)15-11(3)14-9-12-4-5-13(14)8-12/h10-15H,4-9H2,1-3H3. The minimum atomic E-state index is -3.08. The highest BCUT2D eigenvalue weighted by Crippen LogP contribution is 2.49. The summed E-state index contributed by atoms with van der Waals surface area (Å²) >= 11 is 0. The van der Waals surface area contributed by atoms with Crippen molar-refractivity contribution in [2.45, 2.75) is 58.9 Å². The topological polar surface area (TPSA) is 46.2 Å². The largest absolute Gasteiger partial charge is 0.212 e. The molecule has 0 aromatic heterocycles. The van der Waals surface area contributed by atoms with Gasteiger partial charge in [0.05, 0.1) is 5.75 Å². The minimum absolute atomic E-state index is 0.123. The fourth-order valence-corrected chi connectivity index (χ4v) is 5.37. The van der Waals surface area contributed by atoms with E-state index in [1.165, 1.54) is 25.7 Å². The molecule has 0 amide bonds. The van der Waals surface area contributed by atoms with E-state index in [0.717, 1.165) is 18.3 Å². The van der Waals surface area contributed by atoms with Crippen LogP contribution in [0, 0.1) is 23.7 Å². The Kier molecular flexibility index (Phi) is 4.37. The summed E-state index contributed by atoms with van der Waals surface area (Å²) in [7, 11) is -3.08. The zero-order valence-electron chi connectivity index (χ0n) is 11.9. The van der Waals surface area contributed by atoms with Crippen LogP contribution in [-0.2, 0) is 10.0 Å². The third-order valence-electron chi connectivity index (χ3n) is 4.76. The number of rotatable bonds is 6. The van der Waals surface area contributed by atoms with Crippen LogP contribution in [0.3, 0.4) is 0 Å². The molecule has 0 aromatic rings. The van der Waals surface area contributed by atoms with Gasteiger partial charge in [0.25, 0.3) is 0 Å². The van der Waals surface area contributed by atoms with Crippen molar-refractivity contribution in [2.24, 2.45) is 23.7 Å². The average molecular weight is 273 g/mol.